The number of fused-ring (bicyclic) bond motifs is 3. The van der Waals surface area contributed by atoms with Crippen molar-refractivity contribution in [3.63, 3.8) is 0 Å². The topological polar surface area (TPSA) is 116 Å². The second kappa shape index (κ2) is 10.6. The number of hydrogen-bond donors (Lipinski definition) is 4. The third-order valence-electron chi connectivity index (χ3n) is 5.89. The normalized spacial score (nSPS) is 11.3. The molecule has 188 valence electrons. The van der Waals surface area contributed by atoms with Crippen LogP contribution in [0.5, 0.6) is 0 Å². The Morgan fingerprint density at radius 2 is 1.05 bits per heavy atom. The van der Waals surface area contributed by atoms with Crippen molar-refractivity contribution in [2.75, 3.05) is 22.1 Å². The van der Waals surface area contributed by atoms with Crippen molar-refractivity contribution in [3.05, 3.63) is 84.9 Å². The molecule has 0 aliphatic rings. The van der Waals surface area contributed by atoms with E-state index in [9.17, 15) is 9.59 Å². The van der Waals surface area contributed by atoms with Crippen LogP contribution in [0.25, 0.3) is 32.8 Å². The van der Waals surface area contributed by atoms with Gasteiger partial charge in [0.1, 0.15) is 0 Å². The number of aromatic nitrogens is 4. The van der Waals surface area contributed by atoms with Crippen LogP contribution in [0.15, 0.2) is 95.2 Å². The zero-order valence-corrected chi connectivity index (χ0v) is 21.7. The van der Waals surface area contributed by atoms with E-state index in [0.29, 0.717) is 21.7 Å². The molecule has 0 radical (unpaired) electrons. The minimum atomic E-state index is -0.139. The lowest BCUT2D eigenvalue weighted by Gasteiger charge is -2.12. The molecule has 8 nitrogen and oxygen atoms in total. The van der Waals surface area contributed by atoms with Crippen LogP contribution >= 0.6 is 23.5 Å². The van der Waals surface area contributed by atoms with Crippen molar-refractivity contribution < 1.29 is 9.59 Å². The van der Waals surface area contributed by atoms with Crippen LogP contribution in [0.1, 0.15) is 0 Å². The average Bonchev–Trinajstić information content (AvgIpc) is 3.55. The maximum atomic E-state index is 12.7. The van der Waals surface area contributed by atoms with Gasteiger partial charge in [0.15, 0.2) is 10.3 Å². The summed E-state index contributed by atoms with van der Waals surface area (Å²) in [4.78, 5) is 40.9. The molecule has 0 aliphatic heterocycles. The first-order valence-electron chi connectivity index (χ1n) is 11.9. The lowest BCUT2D eigenvalue weighted by molar-refractivity contribution is -0.114. The Balaban J connectivity index is 1.10. The van der Waals surface area contributed by atoms with E-state index in [1.165, 1.54) is 23.5 Å². The SMILES string of the molecule is O=C(CSc1nc2ccccc2[nH]1)Nc1cccc2c(NC(=O)CSc3nc4ccccc4[nH]3)cccc12. The number of carbonyl (C=O) groups excluding carboxylic acids is 2. The summed E-state index contributed by atoms with van der Waals surface area (Å²) in [5.74, 6) is 0.149. The molecule has 4 aromatic carbocycles. The van der Waals surface area contributed by atoms with Crippen molar-refractivity contribution in [3.8, 4) is 0 Å². The molecule has 2 heterocycles. The smallest absolute Gasteiger partial charge is 0.234 e. The van der Waals surface area contributed by atoms with Gasteiger partial charge in [-0.3, -0.25) is 9.59 Å². The predicted molar refractivity (Wildman–Crippen MR) is 155 cm³/mol. The van der Waals surface area contributed by atoms with E-state index in [1.54, 1.807) is 0 Å². The molecule has 0 spiro atoms. The zero-order valence-electron chi connectivity index (χ0n) is 20.0. The molecule has 10 heteroatoms. The van der Waals surface area contributed by atoms with Crippen LogP contribution in [-0.4, -0.2) is 43.3 Å². The summed E-state index contributed by atoms with van der Waals surface area (Å²) in [5.41, 5.74) is 4.99. The summed E-state index contributed by atoms with van der Waals surface area (Å²) in [6.45, 7) is 0. The molecule has 0 saturated carbocycles. The number of anilines is 2. The average molecular weight is 539 g/mol. The number of nitrogens with one attached hydrogen (secondary N) is 4. The van der Waals surface area contributed by atoms with Gasteiger partial charge in [-0.2, -0.15) is 0 Å². The maximum Gasteiger partial charge on any atom is 0.234 e. The number of H-pyrrole nitrogens is 2. The Labute approximate surface area is 226 Å². The molecule has 0 fully saturated rings. The van der Waals surface area contributed by atoms with Gasteiger partial charge in [0.05, 0.1) is 33.6 Å². The zero-order chi connectivity index (χ0) is 25.9. The number of para-hydroxylation sites is 4. The van der Waals surface area contributed by atoms with Crippen molar-refractivity contribution in [1.29, 1.82) is 0 Å². The van der Waals surface area contributed by atoms with Crippen LogP contribution in [0.2, 0.25) is 0 Å². The van der Waals surface area contributed by atoms with Gasteiger partial charge >= 0.3 is 0 Å². The maximum absolute atomic E-state index is 12.7. The van der Waals surface area contributed by atoms with Crippen LogP contribution in [0, 0.1) is 0 Å². The van der Waals surface area contributed by atoms with Crippen molar-refractivity contribution in [1.82, 2.24) is 19.9 Å². The number of aromatic amines is 2. The highest BCUT2D eigenvalue weighted by atomic mass is 32.2. The monoisotopic (exact) mass is 538 g/mol. The molecule has 2 aromatic heterocycles. The Morgan fingerprint density at radius 1 is 0.605 bits per heavy atom. The first kappa shape index (κ1) is 24.1. The summed E-state index contributed by atoms with van der Waals surface area (Å²) >= 11 is 2.70. The molecule has 6 rings (SSSR count). The third-order valence-corrected chi connectivity index (χ3v) is 7.63. The largest absolute Gasteiger partial charge is 0.333 e. The molecule has 0 aliphatic carbocycles. The van der Waals surface area contributed by atoms with Crippen molar-refractivity contribution in [2.45, 2.75) is 10.3 Å². The summed E-state index contributed by atoms with van der Waals surface area (Å²) in [5, 5.41) is 9.08. The summed E-state index contributed by atoms with van der Waals surface area (Å²) in [6, 6.07) is 26.8. The predicted octanol–water partition coefficient (Wildman–Crippen LogP) is 6.05. The second-order valence-electron chi connectivity index (χ2n) is 8.50. The van der Waals surface area contributed by atoms with E-state index in [1.807, 2.05) is 84.9 Å². The van der Waals surface area contributed by atoms with Gasteiger partial charge in [-0.25, -0.2) is 9.97 Å². The molecule has 2 amide bonds. The molecule has 4 N–H and O–H groups in total. The molecule has 6 aromatic rings. The number of carbonyl (C=O) groups is 2. The van der Waals surface area contributed by atoms with Crippen LogP contribution in [0.4, 0.5) is 11.4 Å². The standard InChI is InChI=1S/C28H22N6O2S2/c35-25(15-37-27-31-21-9-1-2-10-22(21)32-27)29-19-13-5-8-18-17(19)7-6-14-20(18)30-26(36)16-38-28-33-23-11-3-4-12-24(23)34-28/h1-14H,15-16H2,(H,29,35)(H,30,36)(H,31,32)(H,33,34). The highest BCUT2D eigenvalue weighted by molar-refractivity contribution is 8.00. The van der Waals surface area contributed by atoms with Gasteiger partial charge in [0, 0.05) is 22.1 Å². The summed E-state index contributed by atoms with van der Waals surface area (Å²) < 4.78 is 0. The van der Waals surface area contributed by atoms with Gasteiger partial charge in [-0.05, 0) is 36.4 Å². The fraction of sp³-hybridized carbons (Fsp3) is 0.0714. The molecule has 0 saturated heterocycles. The fourth-order valence-corrected chi connectivity index (χ4v) is 5.53. The first-order chi connectivity index (χ1) is 18.6. The van der Waals surface area contributed by atoms with Crippen LogP contribution in [0.3, 0.4) is 0 Å². The number of benzene rings is 4. The molecular formula is C28H22N6O2S2. The van der Waals surface area contributed by atoms with E-state index in [4.69, 9.17) is 0 Å². The molecule has 0 unspecified atom stereocenters. The van der Waals surface area contributed by atoms with E-state index in [0.717, 1.165) is 32.8 Å². The fourth-order valence-electron chi connectivity index (χ4n) is 4.16. The number of thioether (sulfide) groups is 2. The Morgan fingerprint density at radius 3 is 1.50 bits per heavy atom. The number of hydrogen-bond acceptors (Lipinski definition) is 6. The molecule has 0 atom stereocenters. The minimum Gasteiger partial charge on any atom is -0.333 e. The van der Waals surface area contributed by atoms with Gasteiger partial charge in [0.25, 0.3) is 0 Å². The number of nitrogens with zero attached hydrogens (tertiary/aromatic N) is 2. The second-order valence-corrected chi connectivity index (χ2v) is 10.4. The van der Waals surface area contributed by atoms with Crippen molar-refractivity contribution in [2.24, 2.45) is 0 Å². The first-order valence-corrected chi connectivity index (χ1v) is 13.9. The number of rotatable bonds is 8. The van der Waals surface area contributed by atoms with E-state index in [2.05, 4.69) is 30.6 Å². The molecule has 38 heavy (non-hydrogen) atoms. The van der Waals surface area contributed by atoms with E-state index in [-0.39, 0.29) is 23.3 Å². The highest BCUT2D eigenvalue weighted by Crippen LogP contribution is 2.30. The van der Waals surface area contributed by atoms with Gasteiger partial charge in [-0.1, -0.05) is 72.1 Å². The van der Waals surface area contributed by atoms with E-state index < -0.39 is 0 Å². The minimum absolute atomic E-state index is 0.139. The highest BCUT2D eigenvalue weighted by Gasteiger charge is 2.13. The Bertz CT molecular complexity index is 1600. The molecule has 0 bridgehead atoms. The van der Waals surface area contributed by atoms with Gasteiger partial charge < -0.3 is 20.6 Å². The number of imidazole rings is 2. The third kappa shape index (κ3) is 5.22. The quantitative estimate of drug-likeness (QED) is 0.175. The van der Waals surface area contributed by atoms with Gasteiger partial charge in [-0.15, -0.1) is 0 Å². The van der Waals surface area contributed by atoms with Crippen LogP contribution < -0.4 is 10.6 Å². The summed E-state index contributed by atoms with van der Waals surface area (Å²) in [6.07, 6.45) is 0. The lowest BCUT2D eigenvalue weighted by atomic mass is 10.1. The summed E-state index contributed by atoms with van der Waals surface area (Å²) in [7, 11) is 0. The Hall–Kier alpha value is -4.28. The van der Waals surface area contributed by atoms with Crippen molar-refractivity contribution >= 4 is 79.6 Å². The Kier molecular flexibility index (Phi) is 6.72. The van der Waals surface area contributed by atoms with E-state index >= 15 is 0 Å². The number of amides is 2. The van der Waals surface area contributed by atoms with Crippen LogP contribution in [-0.2, 0) is 9.59 Å². The molecular weight excluding hydrogens is 516 g/mol. The van der Waals surface area contributed by atoms with Gasteiger partial charge in [0.2, 0.25) is 11.8 Å². The lowest BCUT2D eigenvalue weighted by Crippen LogP contribution is -2.15.